The molecule has 0 amide bonds. The summed E-state index contributed by atoms with van der Waals surface area (Å²) in [6.07, 6.45) is 6.85. The number of nitrogens with zero attached hydrogens (tertiary/aromatic N) is 5. The van der Waals surface area contributed by atoms with Gasteiger partial charge in [0.2, 0.25) is 5.82 Å². The first-order valence-electron chi connectivity index (χ1n) is 9.00. The molecule has 0 radical (unpaired) electrons. The minimum Gasteiger partial charge on any atom is -0.364 e. The van der Waals surface area contributed by atoms with Gasteiger partial charge < -0.3 is 10.6 Å². The van der Waals surface area contributed by atoms with Crippen molar-refractivity contribution in [2.24, 2.45) is 5.92 Å². The van der Waals surface area contributed by atoms with Gasteiger partial charge in [0.15, 0.2) is 5.65 Å². The maximum Gasteiger partial charge on any atom is 0.203 e. The third-order valence-electron chi connectivity index (χ3n) is 5.41. The van der Waals surface area contributed by atoms with Gasteiger partial charge in [-0.05, 0) is 62.4 Å². The van der Waals surface area contributed by atoms with Gasteiger partial charge in [-0.1, -0.05) is 6.07 Å². The highest BCUT2D eigenvalue weighted by molar-refractivity contribution is 5.55. The van der Waals surface area contributed by atoms with E-state index in [4.69, 9.17) is 5.10 Å². The number of aromatic nitrogens is 5. The molecule has 5 rings (SSSR count). The first kappa shape index (κ1) is 14.8. The third-order valence-corrected chi connectivity index (χ3v) is 5.41. The van der Waals surface area contributed by atoms with Crippen molar-refractivity contribution < 1.29 is 0 Å². The van der Waals surface area contributed by atoms with Gasteiger partial charge in [-0.2, -0.15) is 4.52 Å². The predicted octanol–water partition coefficient (Wildman–Crippen LogP) is 2.13. The second kappa shape index (κ2) is 6.07. The molecular weight excluding hydrogens is 314 g/mol. The minimum atomic E-state index is 0.427. The molecule has 0 spiro atoms. The van der Waals surface area contributed by atoms with E-state index in [9.17, 15) is 0 Å². The Morgan fingerprint density at radius 2 is 2.08 bits per heavy atom. The highest BCUT2D eigenvalue weighted by Crippen LogP contribution is 2.31. The Kier molecular flexibility index (Phi) is 3.59. The molecule has 2 N–H and O–H groups in total. The monoisotopic (exact) mass is 335 g/mol. The summed E-state index contributed by atoms with van der Waals surface area (Å²) < 4.78 is 1.77. The molecule has 2 bridgehead atoms. The molecule has 7 heteroatoms. The number of fused-ring (bicyclic) bond motifs is 3. The summed E-state index contributed by atoms with van der Waals surface area (Å²) in [5.41, 5.74) is 1.50. The Morgan fingerprint density at radius 1 is 1.08 bits per heavy atom. The number of piperidine rings is 1. The van der Waals surface area contributed by atoms with Crippen LogP contribution in [0.3, 0.4) is 0 Å². The molecule has 3 aromatic heterocycles. The van der Waals surface area contributed by atoms with E-state index >= 15 is 0 Å². The van der Waals surface area contributed by atoms with Crippen molar-refractivity contribution in [1.29, 1.82) is 0 Å². The molecule has 0 aromatic carbocycles. The first-order valence-corrected chi connectivity index (χ1v) is 9.00. The van der Waals surface area contributed by atoms with Crippen LogP contribution in [-0.2, 0) is 0 Å². The standard InChI is InChI=1S/C18H21N7/c1-2-9-19-14(3-1)18-23-22-17-7-6-16(24-25(17)18)21-13-5-4-12-8-10-20-15(13)11-12/h1-3,6-7,9,12-13,15,20H,4-5,8,10-11H2,(H,21,24). The van der Waals surface area contributed by atoms with Gasteiger partial charge in [0.25, 0.3) is 0 Å². The zero-order valence-electron chi connectivity index (χ0n) is 14.0. The SMILES string of the molecule is c1ccc(-c2nnc3ccc(NC4CCC5CCNC4C5)nn23)nc1. The molecular formula is C18H21N7. The van der Waals surface area contributed by atoms with Crippen molar-refractivity contribution in [1.82, 2.24) is 30.1 Å². The van der Waals surface area contributed by atoms with Crippen LogP contribution in [0.2, 0.25) is 0 Å². The van der Waals surface area contributed by atoms with Crippen LogP contribution in [0, 0.1) is 5.92 Å². The lowest BCUT2D eigenvalue weighted by atomic mass is 9.78. The molecule has 128 valence electrons. The van der Waals surface area contributed by atoms with E-state index in [0.717, 1.165) is 29.6 Å². The zero-order valence-corrected chi connectivity index (χ0v) is 14.0. The minimum absolute atomic E-state index is 0.427. The van der Waals surface area contributed by atoms with Gasteiger partial charge in [-0.25, -0.2) is 0 Å². The Labute approximate surface area is 145 Å². The van der Waals surface area contributed by atoms with Crippen molar-refractivity contribution >= 4 is 11.5 Å². The second-order valence-electron chi connectivity index (χ2n) is 7.01. The van der Waals surface area contributed by atoms with Crippen LogP contribution in [-0.4, -0.2) is 43.4 Å². The molecule has 3 unspecified atom stereocenters. The lowest BCUT2D eigenvalue weighted by Gasteiger charge is -2.41. The van der Waals surface area contributed by atoms with E-state index in [2.05, 4.69) is 25.8 Å². The Morgan fingerprint density at radius 3 is 3.00 bits per heavy atom. The maximum atomic E-state index is 4.72. The Balaban J connectivity index is 1.44. The molecule has 2 aliphatic rings. The number of hydrogen-bond acceptors (Lipinski definition) is 6. The Bertz CT molecular complexity index is 876. The average molecular weight is 335 g/mol. The van der Waals surface area contributed by atoms with E-state index in [0.29, 0.717) is 17.9 Å². The van der Waals surface area contributed by atoms with Gasteiger partial charge in [-0.3, -0.25) is 4.98 Å². The molecule has 1 aliphatic heterocycles. The molecule has 4 heterocycles. The summed E-state index contributed by atoms with van der Waals surface area (Å²) in [5.74, 6) is 2.42. The van der Waals surface area contributed by atoms with Crippen LogP contribution in [0.5, 0.6) is 0 Å². The van der Waals surface area contributed by atoms with Crippen LogP contribution in [0.4, 0.5) is 5.82 Å². The van der Waals surface area contributed by atoms with Crippen molar-refractivity contribution in [3.63, 3.8) is 0 Å². The van der Waals surface area contributed by atoms with Gasteiger partial charge in [0.1, 0.15) is 11.5 Å². The zero-order chi connectivity index (χ0) is 16.6. The van der Waals surface area contributed by atoms with Gasteiger partial charge in [0, 0.05) is 18.3 Å². The summed E-state index contributed by atoms with van der Waals surface area (Å²) in [5, 5.41) is 20.5. The number of nitrogens with one attached hydrogen (secondary N) is 2. The van der Waals surface area contributed by atoms with Gasteiger partial charge in [-0.15, -0.1) is 15.3 Å². The highest BCUT2D eigenvalue weighted by atomic mass is 15.4. The maximum absolute atomic E-state index is 4.72. The lowest BCUT2D eigenvalue weighted by molar-refractivity contribution is 0.209. The van der Waals surface area contributed by atoms with E-state index in [1.807, 2.05) is 30.3 Å². The normalized spacial score (nSPS) is 25.8. The molecule has 3 atom stereocenters. The van der Waals surface area contributed by atoms with Crippen molar-refractivity contribution in [3.8, 4) is 11.5 Å². The topological polar surface area (TPSA) is 80.0 Å². The number of hydrogen-bond donors (Lipinski definition) is 2. The van der Waals surface area contributed by atoms with E-state index in [1.54, 1.807) is 10.7 Å². The molecule has 1 saturated heterocycles. The molecule has 7 nitrogen and oxygen atoms in total. The summed E-state index contributed by atoms with van der Waals surface area (Å²) in [6.45, 7) is 1.13. The molecule has 2 fully saturated rings. The summed E-state index contributed by atoms with van der Waals surface area (Å²) in [7, 11) is 0. The van der Waals surface area contributed by atoms with Crippen LogP contribution < -0.4 is 10.6 Å². The van der Waals surface area contributed by atoms with Crippen LogP contribution >= 0.6 is 0 Å². The van der Waals surface area contributed by atoms with Crippen LogP contribution in [0.1, 0.15) is 25.7 Å². The molecule has 1 saturated carbocycles. The van der Waals surface area contributed by atoms with Gasteiger partial charge >= 0.3 is 0 Å². The fraction of sp³-hybridized carbons (Fsp3) is 0.444. The Hall–Kier alpha value is -2.54. The highest BCUT2D eigenvalue weighted by Gasteiger charge is 2.33. The summed E-state index contributed by atoms with van der Waals surface area (Å²) in [6, 6.07) is 10.7. The fourth-order valence-electron chi connectivity index (χ4n) is 4.10. The third kappa shape index (κ3) is 2.74. The van der Waals surface area contributed by atoms with E-state index in [-0.39, 0.29) is 0 Å². The molecule has 3 aromatic rings. The first-order chi connectivity index (χ1) is 12.4. The van der Waals surface area contributed by atoms with Crippen molar-refractivity contribution in [3.05, 3.63) is 36.5 Å². The molecule has 1 aliphatic carbocycles. The quantitative estimate of drug-likeness (QED) is 0.763. The van der Waals surface area contributed by atoms with Gasteiger partial charge in [0.05, 0.1) is 0 Å². The van der Waals surface area contributed by atoms with Crippen molar-refractivity contribution in [2.45, 2.75) is 37.8 Å². The van der Waals surface area contributed by atoms with Crippen molar-refractivity contribution in [2.75, 3.05) is 11.9 Å². The predicted molar refractivity (Wildman–Crippen MR) is 95.2 cm³/mol. The number of pyridine rings is 1. The second-order valence-corrected chi connectivity index (χ2v) is 7.01. The summed E-state index contributed by atoms with van der Waals surface area (Å²) in [4.78, 5) is 4.36. The summed E-state index contributed by atoms with van der Waals surface area (Å²) >= 11 is 0. The van der Waals surface area contributed by atoms with E-state index < -0.39 is 0 Å². The largest absolute Gasteiger partial charge is 0.364 e. The fourth-order valence-corrected chi connectivity index (χ4v) is 4.10. The average Bonchev–Trinajstić information content (AvgIpc) is 3.08. The van der Waals surface area contributed by atoms with E-state index in [1.165, 1.54) is 25.7 Å². The molecule has 25 heavy (non-hydrogen) atoms. The van der Waals surface area contributed by atoms with Crippen LogP contribution in [0.15, 0.2) is 36.5 Å². The van der Waals surface area contributed by atoms with Crippen LogP contribution in [0.25, 0.3) is 17.2 Å². The number of anilines is 1. The smallest absolute Gasteiger partial charge is 0.203 e. The number of rotatable bonds is 3. The lowest BCUT2D eigenvalue weighted by Crippen LogP contribution is -2.52.